The Morgan fingerprint density at radius 3 is 2.72 bits per heavy atom. The van der Waals surface area contributed by atoms with Crippen LogP contribution in [0.15, 0.2) is 39.8 Å². The van der Waals surface area contributed by atoms with E-state index in [1.807, 2.05) is 0 Å². The number of fused-ring (bicyclic) bond motifs is 1. The number of esters is 2. The predicted octanol–water partition coefficient (Wildman–Crippen LogP) is 3.63. The highest BCUT2D eigenvalue weighted by atomic mass is 32.2. The van der Waals surface area contributed by atoms with Crippen LogP contribution in [0.1, 0.15) is 28.1 Å². The van der Waals surface area contributed by atoms with E-state index in [1.54, 1.807) is 0 Å². The summed E-state index contributed by atoms with van der Waals surface area (Å²) in [6.07, 6.45) is -3.60. The van der Waals surface area contributed by atoms with E-state index in [0.717, 1.165) is 23.9 Å². The second kappa shape index (κ2) is 8.19. The Balaban J connectivity index is 1.61. The number of ether oxygens (including phenoxy) is 2. The van der Waals surface area contributed by atoms with Crippen molar-refractivity contribution in [2.45, 2.75) is 29.3 Å². The zero-order valence-electron chi connectivity index (χ0n) is 14.9. The number of alkyl halides is 3. The number of carbonyl (C=O) groups excluding carboxylic acids is 3. The summed E-state index contributed by atoms with van der Waals surface area (Å²) in [6, 6.07) is 4.36. The maximum absolute atomic E-state index is 12.8. The Labute approximate surface area is 166 Å². The molecule has 0 bridgehead atoms. The number of amides is 1. The molecule has 0 fully saturated rings. The Kier molecular flexibility index (Phi) is 5.87. The summed E-state index contributed by atoms with van der Waals surface area (Å²) in [7, 11) is 1.19. The van der Waals surface area contributed by atoms with Crippen LogP contribution in [-0.2, 0) is 31.8 Å². The van der Waals surface area contributed by atoms with Gasteiger partial charge in [0, 0.05) is 4.90 Å². The summed E-state index contributed by atoms with van der Waals surface area (Å²) in [5, 5.41) is 1.51. The van der Waals surface area contributed by atoms with Gasteiger partial charge in [0.1, 0.15) is 12.2 Å². The molecule has 1 atom stereocenters. The van der Waals surface area contributed by atoms with Crippen LogP contribution in [0.4, 0.5) is 18.9 Å². The lowest BCUT2D eigenvalue weighted by atomic mass is 10.1. The molecular weight excluding hydrogens is 415 g/mol. The summed E-state index contributed by atoms with van der Waals surface area (Å²) in [5.74, 6) is -1.90. The number of furan rings is 1. The number of benzene rings is 1. The zero-order valence-corrected chi connectivity index (χ0v) is 15.7. The van der Waals surface area contributed by atoms with Gasteiger partial charge in [-0.2, -0.15) is 13.2 Å². The topological polar surface area (TPSA) is 94.8 Å². The largest absolute Gasteiger partial charge is 0.465 e. The smallest absolute Gasteiger partial charge is 0.416 e. The number of thioether (sulfide) groups is 1. The lowest BCUT2D eigenvalue weighted by molar-refractivity contribution is -0.146. The third-order valence-electron chi connectivity index (χ3n) is 3.99. The number of hydrogen-bond donors (Lipinski definition) is 1. The molecule has 1 aliphatic rings. The van der Waals surface area contributed by atoms with Crippen molar-refractivity contribution in [3.8, 4) is 0 Å². The molecule has 2 heterocycles. The number of rotatable bonds is 5. The van der Waals surface area contributed by atoms with Crippen molar-refractivity contribution >= 4 is 35.3 Å². The van der Waals surface area contributed by atoms with Gasteiger partial charge in [-0.1, -0.05) is 0 Å². The van der Waals surface area contributed by atoms with Crippen LogP contribution < -0.4 is 5.32 Å². The summed E-state index contributed by atoms with van der Waals surface area (Å²) in [5.41, 5.74) is -0.730. The average molecular weight is 429 g/mol. The fourth-order valence-corrected chi connectivity index (χ4v) is 3.64. The van der Waals surface area contributed by atoms with Crippen molar-refractivity contribution in [1.82, 2.24) is 0 Å². The van der Waals surface area contributed by atoms with Crippen LogP contribution in [-0.4, -0.2) is 30.2 Å². The Hall–Kier alpha value is -2.95. The fourth-order valence-electron chi connectivity index (χ4n) is 2.56. The summed E-state index contributed by atoms with van der Waals surface area (Å²) >= 11 is 0.970. The van der Waals surface area contributed by atoms with Crippen molar-refractivity contribution in [3.63, 3.8) is 0 Å². The SMILES string of the molecule is COC(=O)c1ccoc1COC(=O)C[C@@H]1Sc2ccc(C(F)(F)F)cc2NC1=O. The molecule has 0 saturated carbocycles. The average Bonchev–Trinajstić information content (AvgIpc) is 3.14. The van der Waals surface area contributed by atoms with E-state index < -0.39 is 34.8 Å². The van der Waals surface area contributed by atoms with Crippen LogP contribution >= 0.6 is 11.8 Å². The molecule has 1 aliphatic heterocycles. The van der Waals surface area contributed by atoms with E-state index in [9.17, 15) is 27.6 Å². The van der Waals surface area contributed by atoms with E-state index in [1.165, 1.54) is 25.5 Å². The molecule has 1 aromatic carbocycles. The Morgan fingerprint density at radius 1 is 1.28 bits per heavy atom. The molecule has 0 saturated heterocycles. The van der Waals surface area contributed by atoms with Gasteiger partial charge in [0.2, 0.25) is 5.91 Å². The first-order valence-corrected chi connectivity index (χ1v) is 9.06. The van der Waals surface area contributed by atoms with E-state index in [4.69, 9.17) is 9.15 Å². The summed E-state index contributed by atoms with van der Waals surface area (Å²) in [6.45, 7) is -0.333. The van der Waals surface area contributed by atoms with Crippen LogP contribution in [0.25, 0.3) is 0 Å². The van der Waals surface area contributed by atoms with Gasteiger partial charge >= 0.3 is 18.1 Å². The molecule has 0 unspecified atom stereocenters. The standard InChI is InChI=1S/C18H14F3NO6S/c1-26-17(25)10-4-5-27-12(10)8-28-15(23)7-14-16(24)22-11-6-9(18(19,20)21)2-3-13(11)29-14/h2-6,14H,7-8H2,1H3,(H,22,24)/t14-/m0/s1. The van der Waals surface area contributed by atoms with Gasteiger partial charge < -0.3 is 19.2 Å². The predicted molar refractivity (Wildman–Crippen MR) is 94.2 cm³/mol. The van der Waals surface area contributed by atoms with Crippen molar-refractivity contribution < 1.29 is 41.4 Å². The molecule has 154 valence electrons. The van der Waals surface area contributed by atoms with Crippen molar-refractivity contribution in [3.05, 3.63) is 47.4 Å². The molecule has 0 aliphatic carbocycles. The molecule has 0 radical (unpaired) electrons. The Bertz CT molecular complexity index is 955. The normalized spacial score (nSPS) is 16.0. The molecule has 3 rings (SSSR count). The summed E-state index contributed by atoms with van der Waals surface area (Å²) < 4.78 is 53.1. The fraction of sp³-hybridized carbons (Fsp3) is 0.278. The molecule has 1 N–H and O–H groups in total. The number of hydrogen-bond acceptors (Lipinski definition) is 7. The minimum Gasteiger partial charge on any atom is -0.465 e. The van der Waals surface area contributed by atoms with E-state index >= 15 is 0 Å². The molecule has 7 nitrogen and oxygen atoms in total. The van der Waals surface area contributed by atoms with Crippen molar-refractivity contribution in [1.29, 1.82) is 0 Å². The van der Waals surface area contributed by atoms with Gasteiger partial charge in [-0.15, -0.1) is 11.8 Å². The maximum Gasteiger partial charge on any atom is 0.416 e. The highest BCUT2D eigenvalue weighted by Crippen LogP contribution is 2.40. The monoisotopic (exact) mass is 429 g/mol. The third-order valence-corrected chi connectivity index (χ3v) is 5.27. The van der Waals surface area contributed by atoms with Crippen molar-refractivity contribution in [2.75, 3.05) is 12.4 Å². The van der Waals surface area contributed by atoms with E-state index in [2.05, 4.69) is 10.1 Å². The number of nitrogens with one attached hydrogen (secondary N) is 1. The van der Waals surface area contributed by atoms with Crippen molar-refractivity contribution in [2.24, 2.45) is 0 Å². The summed E-state index contributed by atoms with van der Waals surface area (Å²) in [4.78, 5) is 36.2. The zero-order chi connectivity index (χ0) is 21.2. The molecule has 2 aromatic rings. The molecule has 1 aromatic heterocycles. The lowest BCUT2D eigenvalue weighted by Crippen LogP contribution is -2.31. The number of methoxy groups -OCH3 is 1. The van der Waals surface area contributed by atoms with Gasteiger partial charge in [-0.05, 0) is 24.3 Å². The number of anilines is 1. The first-order valence-electron chi connectivity index (χ1n) is 8.18. The first kappa shape index (κ1) is 20.8. The molecule has 11 heteroatoms. The number of halogens is 3. The molecule has 1 amide bonds. The Morgan fingerprint density at radius 2 is 2.03 bits per heavy atom. The maximum atomic E-state index is 12.8. The second-order valence-corrected chi connectivity index (χ2v) is 7.16. The molecule has 29 heavy (non-hydrogen) atoms. The molecule has 0 spiro atoms. The molecular formula is C18H14F3NO6S. The first-order chi connectivity index (χ1) is 13.7. The van der Waals surface area contributed by atoms with Crippen LogP contribution in [0, 0.1) is 0 Å². The van der Waals surface area contributed by atoms with Gasteiger partial charge in [0.05, 0.1) is 36.3 Å². The third kappa shape index (κ3) is 4.73. The van der Waals surface area contributed by atoms with Gasteiger partial charge in [0.25, 0.3) is 0 Å². The van der Waals surface area contributed by atoms with E-state index in [0.29, 0.717) is 4.90 Å². The van der Waals surface area contributed by atoms with Gasteiger partial charge in [0.15, 0.2) is 5.76 Å². The lowest BCUT2D eigenvalue weighted by Gasteiger charge is -2.24. The highest BCUT2D eigenvalue weighted by Gasteiger charge is 2.34. The number of carbonyl (C=O) groups is 3. The van der Waals surface area contributed by atoms with Crippen LogP contribution in [0.2, 0.25) is 0 Å². The van der Waals surface area contributed by atoms with Gasteiger partial charge in [-0.25, -0.2) is 4.79 Å². The minimum atomic E-state index is -4.53. The highest BCUT2D eigenvalue weighted by molar-refractivity contribution is 8.01. The van der Waals surface area contributed by atoms with Crippen LogP contribution in [0.3, 0.4) is 0 Å². The quantitative estimate of drug-likeness (QED) is 0.726. The second-order valence-electron chi connectivity index (χ2n) is 5.92. The minimum absolute atomic E-state index is 0.0396. The van der Waals surface area contributed by atoms with E-state index in [-0.39, 0.29) is 30.0 Å². The van der Waals surface area contributed by atoms with Crippen LogP contribution in [0.5, 0.6) is 0 Å². The van der Waals surface area contributed by atoms with Gasteiger partial charge in [-0.3, -0.25) is 9.59 Å².